The van der Waals surface area contributed by atoms with Crippen LogP contribution in [0.25, 0.3) is 0 Å². The van der Waals surface area contributed by atoms with Gasteiger partial charge >= 0.3 is 5.97 Å². The lowest BCUT2D eigenvalue weighted by Gasteiger charge is -2.27. The fraction of sp³-hybridized carbons (Fsp3) is 0.650. The average molecular weight is 415 g/mol. The summed E-state index contributed by atoms with van der Waals surface area (Å²) in [5, 5.41) is 28.1. The molecular formula is C20H33NO8. The summed E-state index contributed by atoms with van der Waals surface area (Å²) in [7, 11) is 1.62. The van der Waals surface area contributed by atoms with Crippen LogP contribution in [-0.4, -0.2) is 86.3 Å². The largest absolute Gasteiger partial charge is 0.491 e. The smallest absolute Gasteiger partial charge is 0.328 e. The van der Waals surface area contributed by atoms with Gasteiger partial charge in [0.1, 0.15) is 12.4 Å². The second-order valence-electron chi connectivity index (χ2n) is 6.62. The van der Waals surface area contributed by atoms with Crippen molar-refractivity contribution in [3.05, 3.63) is 29.8 Å². The van der Waals surface area contributed by atoms with Gasteiger partial charge in [0.15, 0.2) is 5.54 Å². The van der Waals surface area contributed by atoms with Crippen molar-refractivity contribution in [3.63, 3.8) is 0 Å². The molecule has 0 spiro atoms. The number of ether oxygens (including phenoxy) is 4. The molecule has 1 aromatic carbocycles. The first-order chi connectivity index (χ1) is 13.9. The number of rotatable bonds is 17. The van der Waals surface area contributed by atoms with Crippen LogP contribution < -0.4 is 10.5 Å². The van der Waals surface area contributed by atoms with Crippen molar-refractivity contribution in [1.29, 1.82) is 0 Å². The fourth-order valence-corrected chi connectivity index (χ4v) is 2.51. The molecule has 1 rings (SSSR count). The van der Waals surface area contributed by atoms with Gasteiger partial charge < -0.3 is 40.0 Å². The Hall–Kier alpha value is -1.75. The van der Waals surface area contributed by atoms with Crippen LogP contribution in [0.1, 0.15) is 18.4 Å². The highest BCUT2D eigenvalue weighted by Gasteiger charge is 2.40. The number of carboxylic acids is 1. The molecule has 0 aliphatic rings. The van der Waals surface area contributed by atoms with Crippen LogP contribution in [-0.2, 0) is 25.4 Å². The first-order valence-corrected chi connectivity index (χ1v) is 9.61. The molecule has 2 atom stereocenters. The molecule has 5 N–H and O–H groups in total. The summed E-state index contributed by atoms with van der Waals surface area (Å²) < 4.78 is 21.2. The Bertz CT molecular complexity index is 568. The molecule has 0 heterocycles. The predicted octanol–water partition coefficient (Wildman–Crippen LogP) is 0.203. The number of aliphatic hydroxyl groups excluding tert-OH is 2. The van der Waals surface area contributed by atoms with Crippen LogP contribution in [0.5, 0.6) is 5.75 Å². The third-order valence-corrected chi connectivity index (χ3v) is 4.42. The quantitative estimate of drug-likeness (QED) is 0.263. The molecule has 0 radical (unpaired) electrons. The Kier molecular flexibility index (Phi) is 12.4. The summed E-state index contributed by atoms with van der Waals surface area (Å²) in [5.41, 5.74) is 4.54. The monoisotopic (exact) mass is 415 g/mol. The predicted molar refractivity (Wildman–Crippen MR) is 106 cm³/mol. The van der Waals surface area contributed by atoms with E-state index in [0.717, 1.165) is 11.3 Å². The van der Waals surface area contributed by atoms with Crippen molar-refractivity contribution in [1.82, 2.24) is 0 Å². The van der Waals surface area contributed by atoms with E-state index in [4.69, 9.17) is 34.9 Å². The molecule has 1 aromatic rings. The minimum atomic E-state index is -2.03. The molecule has 0 fully saturated rings. The first kappa shape index (κ1) is 25.3. The lowest BCUT2D eigenvalue weighted by atomic mass is 9.90. The van der Waals surface area contributed by atoms with Crippen LogP contribution in [0.15, 0.2) is 24.3 Å². The zero-order valence-corrected chi connectivity index (χ0v) is 16.9. The summed E-state index contributed by atoms with van der Waals surface area (Å²) in [4.78, 5) is 11.1. The van der Waals surface area contributed by atoms with Gasteiger partial charge in [-0.3, -0.25) is 4.79 Å². The summed E-state index contributed by atoms with van der Waals surface area (Å²) in [5.74, 6) is -0.697. The normalized spacial score (nSPS) is 14.3. The number of aryl methyl sites for hydroxylation is 1. The summed E-state index contributed by atoms with van der Waals surface area (Å²) in [6.07, 6.45) is 0.0325. The number of aliphatic hydroxyl groups is 2. The molecule has 9 nitrogen and oxygen atoms in total. The highest BCUT2D eigenvalue weighted by atomic mass is 16.6. The molecule has 0 saturated heterocycles. The van der Waals surface area contributed by atoms with Gasteiger partial charge in [-0.1, -0.05) is 12.1 Å². The number of methoxy groups -OCH3 is 1. The van der Waals surface area contributed by atoms with Gasteiger partial charge in [-0.05, 0) is 37.0 Å². The van der Waals surface area contributed by atoms with Crippen molar-refractivity contribution >= 4 is 5.97 Å². The minimum Gasteiger partial charge on any atom is -0.491 e. The molecule has 2 unspecified atom stereocenters. The van der Waals surface area contributed by atoms with Crippen LogP contribution >= 0.6 is 0 Å². The molecule has 29 heavy (non-hydrogen) atoms. The second-order valence-corrected chi connectivity index (χ2v) is 6.62. The van der Waals surface area contributed by atoms with Crippen molar-refractivity contribution in [3.8, 4) is 5.75 Å². The van der Waals surface area contributed by atoms with Gasteiger partial charge in [0.25, 0.3) is 0 Å². The van der Waals surface area contributed by atoms with E-state index in [-0.39, 0.29) is 6.42 Å². The van der Waals surface area contributed by atoms with E-state index in [1.807, 2.05) is 24.3 Å². The number of benzene rings is 1. The summed E-state index contributed by atoms with van der Waals surface area (Å²) in [6, 6.07) is 7.51. The van der Waals surface area contributed by atoms with E-state index in [1.165, 1.54) is 0 Å². The fourth-order valence-electron chi connectivity index (χ4n) is 2.51. The molecule has 0 aliphatic heterocycles. The number of carboxylic acid groups (broad SMARTS) is 1. The van der Waals surface area contributed by atoms with E-state index >= 15 is 0 Å². The Morgan fingerprint density at radius 1 is 1.07 bits per heavy atom. The molecular weight excluding hydrogens is 382 g/mol. The maximum absolute atomic E-state index is 11.1. The van der Waals surface area contributed by atoms with E-state index in [9.17, 15) is 9.90 Å². The maximum Gasteiger partial charge on any atom is 0.328 e. The third-order valence-electron chi connectivity index (χ3n) is 4.42. The average Bonchev–Trinajstić information content (AvgIpc) is 2.72. The summed E-state index contributed by atoms with van der Waals surface area (Å²) in [6.45, 7) is 2.21. The van der Waals surface area contributed by atoms with E-state index in [0.29, 0.717) is 52.5 Å². The zero-order chi connectivity index (χ0) is 21.5. The van der Waals surface area contributed by atoms with Gasteiger partial charge in [-0.15, -0.1) is 0 Å². The van der Waals surface area contributed by atoms with Crippen LogP contribution in [0.3, 0.4) is 0 Å². The Morgan fingerprint density at radius 3 is 2.21 bits per heavy atom. The lowest BCUT2D eigenvalue weighted by Crippen LogP contribution is -2.60. The SMILES string of the molecule is COCCOCCOCCOc1ccc(CCCC(O)C(N)(CO)C(=O)O)cc1. The Morgan fingerprint density at radius 2 is 1.66 bits per heavy atom. The molecule has 166 valence electrons. The number of carbonyl (C=O) groups is 1. The summed E-state index contributed by atoms with van der Waals surface area (Å²) >= 11 is 0. The van der Waals surface area contributed by atoms with E-state index in [2.05, 4.69) is 0 Å². The van der Waals surface area contributed by atoms with E-state index < -0.39 is 24.2 Å². The molecule has 0 bridgehead atoms. The number of aliphatic carboxylic acids is 1. The second kappa shape index (κ2) is 14.3. The van der Waals surface area contributed by atoms with Crippen LogP contribution in [0, 0.1) is 0 Å². The number of nitrogens with two attached hydrogens (primary N) is 1. The number of hydrogen-bond donors (Lipinski definition) is 4. The maximum atomic E-state index is 11.1. The molecule has 0 aromatic heterocycles. The van der Waals surface area contributed by atoms with Gasteiger partial charge in [0.2, 0.25) is 0 Å². The van der Waals surface area contributed by atoms with Gasteiger partial charge in [0, 0.05) is 7.11 Å². The minimum absolute atomic E-state index is 0.175. The van der Waals surface area contributed by atoms with Crippen LogP contribution in [0.2, 0.25) is 0 Å². The van der Waals surface area contributed by atoms with Gasteiger partial charge in [0.05, 0.1) is 45.7 Å². The third kappa shape index (κ3) is 9.53. The first-order valence-electron chi connectivity index (χ1n) is 9.61. The Balaban J connectivity index is 2.20. The van der Waals surface area contributed by atoms with E-state index in [1.54, 1.807) is 7.11 Å². The van der Waals surface area contributed by atoms with Crippen molar-refractivity contribution < 1.29 is 39.1 Å². The Labute approximate surface area is 171 Å². The van der Waals surface area contributed by atoms with Gasteiger partial charge in [-0.2, -0.15) is 0 Å². The highest BCUT2D eigenvalue weighted by molar-refractivity contribution is 5.79. The molecule has 9 heteroatoms. The molecule has 0 amide bonds. The van der Waals surface area contributed by atoms with Gasteiger partial charge in [-0.25, -0.2) is 0 Å². The zero-order valence-electron chi connectivity index (χ0n) is 16.9. The highest BCUT2D eigenvalue weighted by Crippen LogP contribution is 2.17. The van der Waals surface area contributed by atoms with Crippen molar-refractivity contribution in [2.24, 2.45) is 5.73 Å². The topological polar surface area (TPSA) is 141 Å². The molecule has 0 aliphatic carbocycles. The lowest BCUT2D eigenvalue weighted by molar-refractivity contribution is -0.150. The standard InChI is InChI=1S/C20H33NO8/c1-26-9-10-27-11-12-28-13-14-29-17-7-5-16(6-8-17)3-2-4-18(23)20(21,15-22)19(24)25/h5-8,18,22-23H,2-4,9-15,21H2,1H3,(H,24,25). The van der Waals surface area contributed by atoms with Crippen molar-refractivity contribution in [2.45, 2.75) is 30.9 Å². The number of hydrogen-bond acceptors (Lipinski definition) is 8. The van der Waals surface area contributed by atoms with Crippen molar-refractivity contribution in [2.75, 3.05) is 53.4 Å². The molecule has 0 saturated carbocycles. The van der Waals surface area contributed by atoms with Crippen LogP contribution in [0.4, 0.5) is 0 Å².